The summed E-state index contributed by atoms with van der Waals surface area (Å²) in [6.07, 6.45) is 0. The second-order valence-electron chi connectivity index (χ2n) is 7.74. The van der Waals surface area contributed by atoms with E-state index in [1.807, 2.05) is 55.5 Å². The van der Waals surface area contributed by atoms with Crippen LogP contribution in [0.1, 0.15) is 39.7 Å². The summed E-state index contributed by atoms with van der Waals surface area (Å²) in [6, 6.07) is 24.0. The van der Waals surface area contributed by atoms with E-state index in [4.69, 9.17) is 0 Å². The van der Waals surface area contributed by atoms with Crippen molar-refractivity contribution in [1.29, 1.82) is 0 Å². The third-order valence-electron chi connectivity index (χ3n) is 6.23. The van der Waals surface area contributed by atoms with Gasteiger partial charge >= 0.3 is 0 Å². The van der Waals surface area contributed by atoms with Gasteiger partial charge in [-0.05, 0) is 46.9 Å². The molecule has 134 valence electrons. The second kappa shape index (κ2) is 5.29. The minimum atomic E-state index is -0.176. The molecule has 0 atom stereocenters. The van der Waals surface area contributed by atoms with Crippen molar-refractivity contribution in [2.45, 2.75) is 18.8 Å². The molecule has 1 aliphatic heterocycles. The van der Waals surface area contributed by atoms with Crippen molar-refractivity contribution in [2.24, 2.45) is 0 Å². The van der Waals surface area contributed by atoms with Crippen molar-refractivity contribution in [3.63, 3.8) is 0 Å². The summed E-state index contributed by atoms with van der Waals surface area (Å²) < 4.78 is 0. The highest BCUT2D eigenvalue weighted by molar-refractivity contribution is 6.35. The molecule has 2 bridgehead atoms. The van der Waals surface area contributed by atoms with E-state index >= 15 is 0 Å². The number of imide groups is 1. The van der Waals surface area contributed by atoms with Gasteiger partial charge in [0.1, 0.15) is 0 Å². The van der Waals surface area contributed by atoms with E-state index in [1.165, 1.54) is 4.90 Å². The number of benzene rings is 3. The Bertz CT molecular complexity index is 1120. The van der Waals surface area contributed by atoms with Gasteiger partial charge in [-0.15, -0.1) is 0 Å². The van der Waals surface area contributed by atoms with E-state index in [2.05, 4.69) is 24.3 Å². The molecule has 3 heteroatoms. The van der Waals surface area contributed by atoms with Gasteiger partial charge in [0, 0.05) is 23.0 Å². The minimum Gasteiger partial charge on any atom is -0.269 e. The lowest BCUT2D eigenvalue weighted by Gasteiger charge is -2.39. The van der Waals surface area contributed by atoms with E-state index in [0.717, 1.165) is 27.8 Å². The number of aryl methyl sites for hydroxylation is 1. The molecule has 3 nitrogen and oxygen atoms in total. The van der Waals surface area contributed by atoms with Crippen molar-refractivity contribution in [2.75, 3.05) is 4.90 Å². The van der Waals surface area contributed by atoms with Crippen LogP contribution in [0.15, 0.2) is 83.9 Å². The van der Waals surface area contributed by atoms with E-state index in [-0.39, 0.29) is 23.7 Å². The van der Waals surface area contributed by atoms with Crippen molar-refractivity contribution < 1.29 is 9.59 Å². The lowest BCUT2D eigenvalue weighted by atomic mass is 9.61. The highest BCUT2D eigenvalue weighted by Gasteiger charge is 2.53. The average Bonchev–Trinajstić information content (AvgIpc) is 2.99. The summed E-state index contributed by atoms with van der Waals surface area (Å²) in [5, 5.41) is 0. The Morgan fingerprint density at radius 2 is 1.11 bits per heavy atom. The van der Waals surface area contributed by atoms with E-state index in [1.54, 1.807) is 0 Å². The highest BCUT2D eigenvalue weighted by atomic mass is 16.2. The molecule has 0 spiro atoms. The fourth-order valence-electron chi connectivity index (χ4n) is 5.15. The van der Waals surface area contributed by atoms with Crippen LogP contribution in [0.5, 0.6) is 0 Å². The third-order valence-corrected chi connectivity index (χ3v) is 6.23. The molecule has 4 aliphatic rings. The third kappa shape index (κ3) is 1.79. The first-order valence-corrected chi connectivity index (χ1v) is 9.54. The van der Waals surface area contributed by atoms with Crippen molar-refractivity contribution in [3.8, 4) is 0 Å². The first kappa shape index (κ1) is 15.6. The van der Waals surface area contributed by atoms with Crippen molar-refractivity contribution >= 4 is 17.5 Å². The second-order valence-corrected chi connectivity index (χ2v) is 7.74. The predicted octanol–water partition coefficient (Wildman–Crippen LogP) is 4.46. The minimum absolute atomic E-state index is 0.168. The van der Waals surface area contributed by atoms with Gasteiger partial charge in [0.15, 0.2) is 0 Å². The smallest absolute Gasteiger partial charge is 0.262 e. The van der Waals surface area contributed by atoms with Crippen molar-refractivity contribution in [1.82, 2.24) is 0 Å². The monoisotopic (exact) mass is 363 g/mol. The lowest BCUT2D eigenvalue weighted by Crippen LogP contribution is -2.32. The van der Waals surface area contributed by atoms with E-state index in [9.17, 15) is 9.59 Å². The van der Waals surface area contributed by atoms with Gasteiger partial charge < -0.3 is 0 Å². The molecule has 0 radical (unpaired) electrons. The molecule has 2 amide bonds. The van der Waals surface area contributed by atoms with Crippen LogP contribution in [0, 0.1) is 6.92 Å². The average molecular weight is 363 g/mol. The zero-order valence-electron chi connectivity index (χ0n) is 15.3. The molecular formula is C25H17NO2. The molecular weight excluding hydrogens is 346 g/mol. The Morgan fingerprint density at radius 3 is 1.54 bits per heavy atom. The normalized spacial score (nSPS) is 21.7. The van der Waals surface area contributed by atoms with Crippen LogP contribution in [0.3, 0.4) is 0 Å². The van der Waals surface area contributed by atoms with Crippen LogP contribution in [-0.2, 0) is 9.59 Å². The van der Waals surface area contributed by atoms with Crippen LogP contribution in [0.2, 0.25) is 0 Å². The Morgan fingerprint density at radius 1 is 0.643 bits per heavy atom. The zero-order valence-corrected chi connectivity index (χ0v) is 15.3. The molecule has 3 aliphatic carbocycles. The number of amides is 2. The molecule has 0 fully saturated rings. The maximum atomic E-state index is 13.5. The van der Waals surface area contributed by atoms with Crippen LogP contribution in [-0.4, -0.2) is 11.8 Å². The van der Waals surface area contributed by atoms with Crippen LogP contribution < -0.4 is 4.90 Å². The molecule has 7 rings (SSSR count). The Kier molecular flexibility index (Phi) is 2.95. The van der Waals surface area contributed by atoms with Crippen LogP contribution >= 0.6 is 0 Å². The maximum absolute atomic E-state index is 13.5. The zero-order chi connectivity index (χ0) is 19.0. The first-order valence-electron chi connectivity index (χ1n) is 9.54. The van der Waals surface area contributed by atoms with E-state index in [0.29, 0.717) is 16.8 Å². The van der Waals surface area contributed by atoms with Crippen LogP contribution in [0.25, 0.3) is 0 Å². The highest BCUT2D eigenvalue weighted by Crippen LogP contribution is 2.58. The molecule has 3 aromatic carbocycles. The number of rotatable bonds is 1. The largest absolute Gasteiger partial charge is 0.269 e. The number of hydrogen-bond acceptors (Lipinski definition) is 2. The number of carbonyl (C=O) groups is 2. The Hall–Kier alpha value is -3.46. The number of nitrogens with zero attached hydrogens (tertiary/aromatic N) is 1. The van der Waals surface area contributed by atoms with Gasteiger partial charge in [-0.1, -0.05) is 60.7 Å². The molecule has 3 aromatic rings. The topological polar surface area (TPSA) is 37.4 Å². The van der Waals surface area contributed by atoms with Gasteiger partial charge in [0.2, 0.25) is 0 Å². The number of hydrogen-bond donors (Lipinski definition) is 0. The summed E-state index contributed by atoms with van der Waals surface area (Å²) in [7, 11) is 0. The quantitative estimate of drug-likeness (QED) is 0.599. The SMILES string of the molecule is Cc1cccc(N2C(=O)C3=C(C2=O)C2c4ccccc4C3c3ccccc32)c1. The summed E-state index contributed by atoms with van der Waals surface area (Å²) in [5.41, 5.74) is 7.60. The van der Waals surface area contributed by atoms with E-state index < -0.39 is 0 Å². The van der Waals surface area contributed by atoms with Gasteiger partial charge in [-0.2, -0.15) is 0 Å². The van der Waals surface area contributed by atoms with Crippen LogP contribution in [0.4, 0.5) is 5.69 Å². The molecule has 0 aromatic heterocycles. The fourth-order valence-corrected chi connectivity index (χ4v) is 5.15. The molecule has 1 heterocycles. The predicted molar refractivity (Wildman–Crippen MR) is 107 cm³/mol. The van der Waals surface area contributed by atoms with Gasteiger partial charge in [0.05, 0.1) is 5.69 Å². The molecule has 0 saturated carbocycles. The first-order chi connectivity index (χ1) is 13.7. The van der Waals surface area contributed by atoms with Gasteiger partial charge in [-0.3, -0.25) is 9.59 Å². The van der Waals surface area contributed by atoms with Gasteiger partial charge in [0.25, 0.3) is 11.8 Å². The van der Waals surface area contributed by atoms with Crippen molar-refractivity contribution in [3.05, 3.63) is 112 Å². The molecule has 0 saturated heterocycles. The molecule has 0 unspecified atom stereocenters. The summed E-state index contributed by atoms with van der Waals surface area (Å²) in [5.74, 6) is -0.688. The lowest BCUT2D eigenvalue weighted by molar-refractivity contribution is -0.120. The molecule has 28 heavy (non-hydrogen) atoms. The summed E-state index contributed by atoms with van der Waals surface area (Å²) in [4.78, 5) is 28.4. The standard InChI is InChI=1S/C25H17NO2/c1-14-7-6-8-15(13-14)26-24(27)22-20-16-9-2-3-10-17(16)21(23(22)25(26)28)19-12-5-4-11-18(19)20/h2-13,20-21H,1H3. The summed E-state index contributed by atoms with van der Waals surface area (Å²) in [6.45, 7) is 1.97. The Balaban J connectivity index is 1.60. The summed E-state index contributed by atoms with van der Waals surface area (Å²) >= 11 is 0. The maximum Gasteiger partial charge on any atom is 0.262 e. The number of carbonyl (C=O) groups excluding carboxylic acids is 2. The van der Waals surface area contributed by atoms with Gasteiger partial charge in [-0.25, -0.2) is 4.90 Å². The fraction of sp³-hybridized carbons (Fsp3) is 0.120. The molecule has 0 N–H and O–H groups in total. The Labute approximate surface area is 162 Å². The number of anilines is 1.